The molecule has 0 aliphatic carbocycles. The van der Waals surface area contributed by atoms with Gasteiger partial charge in [-0.25, -0.2) is 4.79 Å². The van der Waals surface area contributed by atoms with E-state index in [-0.39, 0.29) is 24.3 Å². The number of benzene rings is 1. The molecule has 8 heteroatoms. The van der Waals surface area contributed by atoms with E-state index in [0.717, 1.165) is 16.0 Å². The zero-order valence-corrected chi connectivity index (χ0v) is 16.8. The van der Waals surface area contributed by atoms with Crippen LogP contribution in [0.15, 0.2) is 12.1 Å². The van der Waals surface area contributed by atoms with Crippen molar-refractivity contribution in [3.63, 3.8) is 0 Å². The van der Waals surface area contributed by atoms with Crippen LogP contribution in [-0.4, -0.2) is 61.0 Å². The topological polar surface area (TPSA) is 88.2 Å². The molecule has 2 heterocycles. The molecule has 1 fully saturated rings. The number of nitrogens with zero attached hydrogens (tertiary/aromatic N) is 2. The number of nitrogens with one attached hydrogen (secondary N) is 1. The third-order valence-electron chi connectivity index (χ3n) is 5.18. The van der Waals surface area contributed by atoms with Crippen LogP contribution in [0.4, 0.5) is 4.79 Å². The first-order valence-electron chi connectivity index (χ1n) is 9.47. The summed E-state index contributed by atoms with van der Waals surface area (Å²) in [4.78, 5) is 40.1. The van der Waals surface area contributed by atoms with Crippen molar-refractivity contribution in [1.82, 2.24) is 15.1 Å². The largest absolute Gasteiger partial charge is 0.493 e. The Kier molecular flexibility index (Phi) is 5.76. The summed E-state index contributed by atoms with van der Waals surface area (Å²) >= 11 is 0. The number of ether oxygens (including phenoxy) is 2. The number of urea groups is 1. The summed E-state index contributed by atoms with van der Waals surface area (Å²) in [6.45, 7) is 4.68. The Morgan fingerprint density at radius 3 is 2.43 bits per heavy atom. The molecule has 152 valence electrons. The standard InChI is InChI=1S/C20H27N3O5/c1-12(2)7-15-19(25)23(20(26)21-15)11-18(24)22-6-5-13-8-16(27-3)17(28-4)9-14(13)10-22/h8-9,12,15H,5-7,10-11H2,1-4H3,(H,21,26). The molecule has 2 aliphatic heterocycles. The molecule has 0 spiro atoms. The summed E-state index contributed by atoms with van der Waals surface area (Å²) in [5, 5.41) is 2.67. The molecule has 4 amide bonds. The molecule has 1 aromatic carbocycles. The third-order valence-corrected chi connectivity index (χ3v) is 5.18. The minimum Gasteiger partial charge on any atom is -0.493 e. The summed E-state index contributed by atoms with van der Waals surface area (Å²) in [5.41, 5.74) is 2.08. The number of fused-ring (bicyclic) bond motifs is 1. The van der Waals surface area contributed by atoms with Crippen LogP contribution in [0.1, 0.15) is 31.4 Å². The molecular weight excluding hydrogens is 362 g/mol. The van der Waals surface area contributed by atoms with E-state index < -0.39 is 12.1 Å². The molecule has 3 rings (SSSR count). The number of hydrogen-bond acceptors (Lipinski definition) is 5. The van der Waals surface area contributed by atoms with Crippen molar-refractivity contribution in [2.24, 2.45) is 5.92 Å². The predicted molar refractivity (Wildman–Crippen MR) is 102 cm³/mol. The van der Waals surface area contributed by atoms with Crippen molar-refractivity contribution >= 4 is 17.8 Å². The first-order chi connectivity index (χ1) is 13.3. The van der Waals surface area contributed by atoms with Crippen molar-refractivity contribution in [3.05, 3.63) is 23.3 Å². The molecule has 2 aliphatic rings. The quantitative estimate of drug-likeness (QED) is 0.746. The van der Waals surface area contributed by atoms with Gasteiger partial charge >= 0.3 is 6.03 Å². The van der Waals surface area contributed by atoms with Crippen molar-refractivity contribution in [3.8, 4) is 11.5 Å². The fourth-order valence-corrected chi connectivity index (χ4v) is 3.69. The highest BCUT2D eigenvalue weighted by Gasteiger charge is 2.39. The third kappa shape index (κ3) is 3.90. The van der Waals surface area contributed by atoms with Crippen LogP contribution in [0.2, 0.25) is 0 Å². The number of carbonyl (C=O) groups excluding carboxylic acids is 3. The van der Waals surface area contributed by atoms with Crippen molar-refractivity contribution in [2.75, 3.05) is 27.3 Å². The monoisotopic (exact) mass is 389 g/mol. The van der Waals surface area contributed by atoms with Gasteiger partial charge in [-0.1, -0.05) is 13.8 Å². The van der Waals surface area contributed by atoms with E-state index in [1.807, 2.05) is 26.0 Å². The minimum atomic E-state index is -0.542. The van der Waals surface area contributed by atoms with Crippen LogP contribution in [0, 0.1) is 5.92 Å². The van der Waals surface area contributed by atoms with Crippen LogP contribution in [0.25, 0.3) is 0 Å². The van der Waals surface area contributed by atoms with E-state index in [1.54, 1.807) is 19.1 Å². The van der Waals surface area contributed by atoms with Crippen LogP contribution >= 0.6 is 0 Å². The lowest BCUT2D eigenvalue weighted by molar-refractivity contribution is -0.138. The zero-order valence-electron chi connectivity index (χ0n) is 16.8. The predicted octanol–water partition coefficient (Wildman–Crippen LogP) is 1.55. The molecule has 0 radical (unpaired) electrons. The van der Waals surface area contributed by atoms with E-state index in [9.17, 15) is 14.4 Å². The molecule has 1 N–H and O–H groups in total. The maximum atomic E-state index is 12.8. The van der Waals surface area contributed by atoms with E-state index >= 15 is 0 Å². The van der Waals surface area contributed by atoms with Gasteiger partial charge in [-0.2, -0.15) is 0 Å². The molecule has 1 unspecified atom stereocenters. The molecule has 28 heavy (non-hydrogen) atoms. The van der Waals surface area contributed by atoms with Crippen LogP contribution in [-0.2, 0) is 22.6 Å². The lowest BCUT2D eigenvalue weighted by atomic mass is 9.98. The highest BCUT2D eigenvalue weighted by Crippen LogP contribution is 2.33. The summed E-state index contributed by atoms with van der Waals surface area (Å²) < 4.78 is 10.7. The van der Waals surface area contributed by atoms with E-state index in [0.29, 0.717) is 37.4 Å². The maximum absolute atomic E-state index is 12.8. The van der Waals surface area contributed by atoms with Gasteiger partial charge < -0.3 is 19.7 Å². The minimum absolute atomic E-state index is 0.234. The van der Waals surface area contributed by atoms with Gasteiger partial charge in [-0.3, -0.25) is 14.5 Å². The maximum Gasteiger partial charge on any atom is 0.325 e. The highest BCUT2D eigenvalue weighted by atomic mass is 16.5. The Morgan fingerprint density at radius 2 is 1.82 bits per heavy atom. The Bertz CT molecular complexity index is 792. The van der Waals surface area contributed by atoms with Gasteiger partial charge in [0.15, 0.2) is 11.5 Å². The Hall–Kier alpha value is -2.77. The molecule has 1 atom stereocenters. The van der Waals surface area contributed by atoms with Gasteiger partial charge in [-0.05, 0) is 42.0 Å². The van der Waals surface area contributed by atoms with Crippen LogP contribution < -0.4 is 14.8 Å². The summed E-state index contributed by atoms with van der Waals surface area (Å²) in [6.07, 6.45) is 1.24. The number of imide groups is 1. The molecule has 0 aromatic heterocycles. The summed E-state index contributed by atoms with van der Waals surface area (Å²) in [5.74, 6) is 0.984. The molecule has 8 nitrogen and oxygen atoms in total. The van der Waals surface area contributed by atoms with Crippen molar-refractivity contribution < 1.29 is 23.9 Å². The second-order valence-corrected chi connectivity index (χ2v) is 7.60. The van der Waals surface area contributed by atoms with Crippen LogP contribution in [0.3, 0.4) is 0 Å². The number of rotatable bonds is 6. The summed E-state index contributed by atoms with van der Waals surface area (Å²) in [6, 6.07) is 2.77. The number of carbonyl (C=O) groups is 3. The fraction of sp³-hybridized carbons (Fsp3) is 0.550. The van der Waals surface area contributed by atoms with Crippen LogP contribution in [0.5, 0.6) is 11.5 Å². The SMILES string of the molecule is COc1cc2c(cc1OC)CN(C(=O)CN1C(=O)NC(CC(C)C)C1=O)CC2. The fourth-order valence-electron chi connectivity index (χ4n) is 3.69. The number of amides is 4. The molecule has 1 saturated heterocycles. The lowest BCUT2D eigenvalue weighted by Crippen LogP contribution is -2.45. The van der Waals surface area contributed by atoms with E-state index in [1.165, 1.54) is 0 Å². The highest BCUT2D eigenvalue weighted by molar-refractivity contribution is 6.06. The zero-order chi connectivity index (χ0) is 20.4. The van der Waals surface area contributed by atoms with Gasteiger partial charge in [-0.15, -0.1) is 0 Å². The first-order valence-corrected chi connectivity index (χ1v) is 9.47. The van der Waals surface area contributed by atoms with E-state index in [2.05, 4.69) is 5.32 Å². The number of hydrogen-bond donors (Lipinski definition) is 1. The Balaban J connectivity index is 1.68. The van der Waals surface area contributed by atoms with Gasteiger partial charge in [0, 0.05) is 13.1 Å². The van der Waals surface area contributed by atoms with Gasteiger partial charge in [0.25, 0.3) is 5.91 Å². The number of methoxy groups -OCH3 is 2. The Morgan fingerprint density at radius 1 is 1.18 bits per heavy atom. The molecule has 1 aromatic rings. The second kappa shape index (κ2) is 8.08. The van der Waals surface area contributed by atoms with Gasteiger partial charge in [0.1, 0.15) is 12.6 Å². The van der Waals surface area contributed by atoms with Gasteiger partial charge in [0.2, 0.25) is 5.91 Å². The second-order valence-electron chi connectivity index (χ2n) is 7.60. The smallest absolute Gasteiger partial charge is 0.325 e. The van der Waals surface area contributed by atoms with Crippen molar-refractivity contribution in [2.45, 2.75) is 39.3 Å². The molecule has 0 bridgehead atoms. The van der Waals surface area contributed by atoms with Gasteiger partial charge in [0.05, 0.1) is 14.2 Å². The molecule has 0 saturated carbocycles. The normalized spacial score (nSPS) is 19.0. The molecular formula is C20H27N3O5. The lowest BCUT2D eigenvalue weighted by Gasteiger charge is -2.30. The first kappa shape index (κ1) is 20.0. The van der Waals surface area contributed by atoms with E-state index in [4.69, 9.17) is 9.47 Å². The average molecular weight is 389 g/mol. The summed E-state index contributed by atoms with van der Waals surface area (Å²) in [7, 11) is 3.16. The Labute approximate surface area is 164 Å². The average Bonchev–Trinajstić information content (AvgIpc) is 2.93. The van der Waals surface area contributed by atoms with Crippen molar-refractivity contribution in [1.29, 1.82) is 0 Å².